The Labute approximate surface area is 156 Å². The number of aromatic nitrogens is 4. The normalized spacial score (nSPS) is 14.8. The standard InChI is InChI=1S/C19H19N5OS/c1-13(18(25)21-15-5-3-2-4-6-15)26-19-23-22-17(24(19)16-7-8-16)14-9-11-20-12-10-14/h2-6,9-13,16H,7-8H2,1H3,(H,21,25)/t13-/m1/s1. The van der Waals surface area contributed by atoms with Gasteiger partial charge in [-0.05, 0) is 44.0 Å². The maximum absolute atomic E-state index is 12.5. The highest BCUT2D eigenvalue weighted by Gasteiger charge is 2.31. The summed E-state index contributed by atoms with van der Waals surface area (Å²) in [6, 6.07) is 13.8. The molecule has 26 heavy (non-hydrogen) atoms. The molecule has 7 heteroatoms. The smallest absolute Gasteiger partial charge is 0.237 e. The number of para-hydroxylation sites is 1. The minimum atomic E-state index is -0.276. The van der Waals surface area contributed by atoms with E-state index in [0.717, 1.165) is 35.1 Å². The van der Waals surface area contributed by atoms with E-state index in [0.29, 0.717) is 6.04 Å². The molecule has 4 rings (SSSR count). The lowest BCUT2D eigenvalue weighted by molar-refractivity contribution is -0.115. The summed E-state index contributed by atoms with van der Waals surface area (Å²) in [5.74, 6) is 0.796. The fourth-order valence-corrected chi connectivity index (χ4v) is 3.61. The number of carbonyl (C=O) groups is 1. The van der Waals surface area contributed by atoms with Gasteiger partial charge in [-0.15, -0.1) is 10.2 Å². The molecule has 0 radical (unpaired) electrons. The summed E-state index contributed by atoms with van der Waals surface area (Å²) in [6.45, 7) is 1.89. The first-order chi connectivity index (χ1) is 12.7. The Morgan fingerprint density at radius 3 is 2.58 bits per heavy atom. The molecule has 2 heterocycles. The summed E-state index contributed by atoms with van der Waals surface area (Å²) < 4.78 is 2.16. The number of thioether (sulfide) groups is 1. The summed E-state index contributed by atoms with van der Waals surface area (Å²) in [7, 11) is 0. The van der Waals surface area contributed by atoms with Crippen LogP contribution >= 0.6 is 11.8 Å². The lowest BCUT2D eigenvalue weighted by atomic mass is 10.2. The molecule has 0 aliphatic heterocycles. The second-order valence-corrected chi connectivity index (χ2v) is 7.57. The van der Waals surface area contributed by atoms with Gasteiger partial charge in [-0.1, -0.05) is 30.0 Å². The van der Waals surface area contributed by atoms with Crippen molar-refractivity contribution >= 4 is 23.4 Å². The Kier molecular flexibility index (Phi) is 4.71. The van der Waals surface area contributed by atoms with Crippen molar-refractivity contribution in [1.82, 2.24) is 19.7 Å². The minimum Gasteiger partial charge on any atom is -0.325 e. The second kappa shape index (κ2) is 7.29. The summed E-state index contributed by atoms with van der Waals surface area (Å²) in [5, 5.41) is 12.2. The van der Waals surface area contributed by atoms with Crippen molar-refractivity contribution in [1.29, 1.82) is 0 Å². The van der Waals surface area contributed by atoms with Gasteiger partial charge in [-0.3, -0.25) is 14.3 Å². The minimum absolute atomic E-state index is 0.0444. The molecular formula is C19H19N5OS. The van der Waals surface area contributed by atoms with E-state index in [4.69, 9.17) is 0 Å². The molecular weight excluding hydrogens is 346 g/mol. The molecule has 1 aromatic carbocycles. The summed E-state index contributed by atoms with van der Waals surface area (Å²) in [5.41, 5.74) is 1.79. The van der Waals surface area contributed by atoms with Gasteiger partial charge in [0.05, 0.1) is 5.25 Å². The van der Waals surface area contributed by atoms with Gasteiger partial charge in [0.15, 0.2) is 11.0 Å². The summed E-state index contributed by atoms with van der Waals surface area (Å²) in [6.07, 6.45) is 5.75. The van der Waals surface area contributed by atoms with E-state index in [2.05, 4.69) is 25.1 Å². The largest absolute Gasteiger partial charge is 0.325 e. The average molecular weight is 365 g/mol. The maximum atomic E-state index is 12.5. The van der Waals surface area contributed by atoms with Crippen LogP contribution < -0.4 is 5.32 Å². The molecule has 1 aliphatic rings. The van der Waals surface area contributed by atoms with Gasteiger partial charge in [-0.25, -0.2) is 0 Å². The zero-order valence-corrected chi connectivity index (χ0v) is 15.2. The van der Waals surface area contributed by atoms with E-state index in [-0.39, 0.29) is 11.2 Å². The molecule has 1 fully saturated rings. The van der Waals surface area contributed by atoms with Crippen LogP contribution in [-0.4, -0.2) is 30.9 Å². The van der Waals surface area contributed by atoms with Crippen LogP contribution in [0.4, 0.5) is 5.69 Å². The molecule has 6 nitrogen and oxygen atoms in total. The van der Waals surface area contributed by atoms with Crippen molar-refractivity contribution in [2.45, 2.75) is 36.2 Å². The van der Waals surface area contributed by atoms with Crippen molar-refractivity contribution < 1.29 is 4.79 Å². The molecule has 1 atom stereocenters. The van der Waals surface area contributed by atoms with Crippen LogP contribution in [0.15, 0.2) is 60.0 Å². The van der Waals surface area contributed by atoms with E-state index < -0.39 is 0 Å². The van der Waals surface area contributed by atoms with Gasteiger partial charge >= 0.3 is 0 Å². The van der Waals surface area contributed by atoms with Crippen LogP contribution in [0.3, 0.4) is 0 Å². The van der Waals surface area contributed by atoms with Crippen molar-refractivity contribution in [3.8, 4) is 11.4 Å². The lowest BCUT2D eigenvalue weighted by Gasteiger charge is -2.13. The van der Waals surface area contributed by atoms with E-state index in [9.17, 15) is 4.79 Å². The van der Waals surface area contributed by atoms with Crippen LogP contribution in [0.5, 0.6) is 0 Å². The molecule has 0 saturated heterocycles. The first kappa shape index (κ1) is 16.8. The predicted molar refractivity (Wildman–Crippen MR) is 102 cm³/mol. The Bertz CT molecular complexity index is 893. The van der Waals surface area contributed by atoms with Crippen LogP contribution in [0, 0.1) is 0 Å². The van der Waals surface area contributed by atoms with Gasteiger partial charge in [0.1, 0.15) is 0 Å². The predicted octanol–water partition coefficient (Wildman–Crippen LogP) is 3.79. The number of nitrogens with zero attached hydrogens (tertiary/aromatic N) is 4. The highest BCUT2D eigenvalue weighted by atomic mass is 32.2. The fraction of sp³-hybridized carbons (Fsp3) is 0.263. The fourth-order valence-electron chi connectivity index (χ4n) is 2.69. The quantitative estimate of drug-likeness (QED) is 0.673. The number of carbonyl (C=O) groups excluding carboxylic acids is 1. The Morgan fingerprint density at radius 2 is 1.88 bits per heavy atom. The monoisotopic (exact) mass is 365 g/mol. The third-order valence-corrected chi connectivity index (χ3v) is 5.26. The van der Waals surface area contributed by atoms with E-state index >= 15 is 0 Å². The van der Waals surface area contributed by atoms with E-state index in [1.807, 2.05) is 49.4 Å². The molecule has 1 amide bonds. The van der Waals surface area contributed by atoms with Crippen LogP contribution in [0.25, 0.3) is 11.4 Å². The van der Waals surface area contributed by atoms with Gasteiger partial charge in [0.2, 0.25) is 5.91 Å². The molecule has 1 N–H and O–H groups in total. The van der Waals surface area contributed by atoms with Crippen molar-refractivity contribution in [3.05, 3.63) is 54.9 Å². The highest BCUT2D eigenvalue weighted by Crippen LogP contribution is 2.41. The zero-order chi connectivity index (χ0) is 17.9. The SMILES string of the molecule is C[C@@H](Sc1nnc(-c2ccncc2)n1C1CC1)C(=O)Nc1ccccc1. The molecule has 2 aromatic heterocycles. The Balaban J connectivity index is 1.53. The molecule has 0 bridgehead atoms. The van der Waals surface area contributed by atoms with Gasteiger partial charge in [0, 0.05) is 29.7 Å². The van der Waals surface area contributed by atoms with Crippen LogP contribution in [0.2, 0.25) is 0 Å². The molecule has 3 aromatic rings. The topological polar surface area (TPSA) is 72.7 Å². The van der Waals surface area contributed by atoms with Gasteiger partial charge in [0.25, 0.3) is 0 Å². The molecule has 0 unspecified atom stereocenters. The van der Waals surface area contributed by atoms with Crippen molar-refractivity contribution in [2.75, 3.05) is 5.32 Å². The third-order valence-electron chi connectivity index (χ3n) is 4.21. The average Bonchev–Trinajstić information content (AvgIpc) is 3.43. The number of anilines is 1. The number of hydrogen-bond acceptors (Lipinski definition) is 5. The molecule has 1 aliphatic carbocycles. The summed E-state index contributed by atoms with van der Waals surface area (Å²) in [4.78, 5) is 16.6. The third kappa shape index (κ3) is 3.62. The number of rotatable bonds is 6. The van der Waals surface area contributed by atoms with Gasteiger partial charge < -0.3 is 5.32 Å². The highest BCUT2D eigenvalue weighted by molar-refractivity contribution is 8.00. The first-order valence-electron chi connectivity index (χ1n) is 8.60. The van der Waals surface area contributed by atoms with E-state index in [1.165, 1.54) is 11.8 Å². The van der Waals surface area contributed by atoms with Gasteiger partial charge in [-0.2, -0.15) is 0 Å². The zero-order valence-electron chi connectivity index (χ0n) is 14.4. The second-order valence-electron chi connectivity index (χ2n) is 6.26. The Hall–Kier alpha value is -2.67. The van der Waals surface area contributed by atoms with E-state index in [1.54, 1.807) is 12.4 Å². The first-order valence-corrected chi connectivity index (χ1v) is 9.48. The maximum Gasteiger partial charge on any atom is 0.237 e. The number of amides is 1. The molecule has 132 valence electrons. The van der Waals surface area contributed by atoms with Crippen molar-refractivity contribution in [2.24, 2.45) is 0 Å². The molecule has 0 spiro atoms. The van der Waals surface area contributed by atoms with Crippen molar-refractivity contribution in [3.63, 3.8) is 0 Å². The number of nitrogens with one attached hydrogen (secondary N) is 1. The Morgan fingerprint density at radius 1 is 1.15 bits per heavy atom. The van der Waals surface area contributed by atoms with Crippen LogP contribution in [-0.2, 0) is 4.79 Å². The number of pyridine rings is 1. The lowest BCUT2D eigenvalue weighted by Crippen LogP contribution is -2.22. The number of hydrogen-bond donors (Lipinski definition) is 1. The van der Waals surface area contributed by atoms with Crippen LogP contribution in [0.1, 0.15) is 25.8 Å². The summed E-state index contributed by atoms with van der Waals surface area (Å²) >= 11 is 1.44. The number of benzene rings is 1. The molecule has 1 saturated carbocycles.